The van der Waals surface area contributed by atoms with Gasteiger partial charge in [-0.05, 0) is 156 Å². The molecule has 3 aliphatic heterocycles. The fraction of sp³-hybridized carbons (Fsp3) is 0.810. The maximum atomic E-state index is 3.52. The van der Waals surface area contributed by atoms with Crippen molar-refractivity contribution in [3.05, 3.63) is 0 Å². The number of rotatable bonds is 0. The van der Waals surface area contributed by atoms with Crippen molar-refractivity contribution < 1.29 is 0 Å². The summed E-state index contributed by atoms with van der Waals surface area (Å²) >= 11 is 0. The lowest BCUT2D eigenvalue weighted by atomic mass is 10.1. The smallest absolute Gasteiger partial charge is 0.0101 e. The zero-order chi connectivity index (χ0) is 32.0. The van der Waals surface area contributed by atoms with Crippen molar-refractivity contribution in [3.63, 3.8) is 0 Å². The molecule has 4 nitrogen and oxygen atoms in total. The summed E-state index contributed by atoms with van der Waals surface area (Å²) in [6, 6.07) is 0. The molecule has 0 aliphatic carbocycles. The Morgan fingerprint density at radius 3 is 0.500 bits per heavy atom. The van der Waals surface area contributed by atoms with Crippen molar-refractivity contribution >= 4 is 0 Å². The van der Waals surface area contributed by atoms with E-state index in [4.69, 9.17) is 0 Å². The zero-order valence-electron chi connectivity index (χ0n) is 29.8. The molecule has 0 radical (unpaired) electrons. The van der Waals surface area contributed by atoms with E-state index in [9.17, 15) is 0 Å². The Labute approximate surface area is 286 Å². The molecule has 0 unspecified atom stereocenters. The third-order valence-corrected chi connectivity index (χ3v) is 9.61. The Balaban J connectivity index is 1.58. The first-order valence-corrected chi connectivity index (χ1v) is 19.6. The van der Waals surface area contributed by atoms with Crippen LogP contribution in [0.15, 0.2) is 0 Å². The van der Waals surface area contributed by atoms with Gasteiger partial charge in [-0.2, -0.15) is 0 Å². The average molecular weight is 629 g/mol. The SMILES string of the molecule is C1#CCCCN2CCCC#CCCCN3CCCC#CCCCN(CCCC#CCCCN(CCC1)CCCCC2)CCCCC3. The van der Waals surface area contributed by atoms with E-state index >= 15 is 0 Å². The highest BCUT2D eigenvalue weighted by Crippen LogP contribution is 2.10. The van der Waals surface area contributed by atoms with Crippen LogP contribution < -0.4 is 0 Å². The van der Waals surface area contributed by atoms with Crippen LogP contribution in [0.5, 0.6) is 0 Å². The molecule has 0 amide bonds. The van der Waals surface area contributed by atoms with E-state index in [1.54, 1.807) is 0 Å². The molecular formula is C42H68N4. The van der Waals surface area contributed by atoms with Crippen LogP contribution in [0.25, 0.3) is 0 Å². The van der Waals surface area contributed by atoms with E-state index in [0.29, 0.717) is 0 Å². The molecule has 0 aromatic heterocycles. The molecule has 46 heavy (non-hydrogen) atoms. The summed E-state index contributed by atoms with van der Waals surface area (Å²) < 4.78 is 0. The van der Waals surface area contributed by atoms with Crippen molar-refractivity contribution in [2.75, 3.05) is 78.5 Å². The van der Waals surface area contributed by atoms with Gasteiger partial charge in [-0.25, -0.2) is 0 Å². The average Bonchev–Trinajstić information content (AvgIpc) is 3.07. The number of hydrogen-bond donors (Lipinski definition) is 0. The van der Waals surface area contributed by atoms with Crippen LogP contribution in [0.4, 0.5) is 0 Å². The van der Waals surface area contributed by atoms with Gasteiger partial charge in [0, 0.05) is 51.4 Å². The number of nitrogens with zero attached hydrogens (tertiary/aromatic N) is 4. The summed E-state index contributed by atoms with van der Waals surface area (Å²) in [5.74, 6) is 27.9. The van der Waals surface area contributed by atoms with Crippen LogP contribution >= 0.6 is 0 Å². The maximum Gasteiger partial charge on any atom is 0.0101 e. The zero-order valence-corrected chi connectivity index (χ0v) is 29.8. The van der Waals surface area contributed by atoms with E-state index in [1.807, 2.05) is 0 Å². The van der Waals surface area contributed by atoms with E-state index in [2.05, 4.69) is 67.0 Å². The first-order valence-electron chi connectivity index (χ1n) is 19.6. The van der Waals surface area contributed by atoms with Crippen LogP contribution in [0.1, 0.15) is 141 Å². The van der Waals surface area contributed by atoms with E-state index in [1.165, 1.54) is 168 Å². The first-order chi connectivity index (χ1) is 22.9. The third-order valence-electron chi connectivity index (χ3n) is 9.61. The van der Waals surface area contributed by atoms with Gasteiger partial charge in [0.1, 0.15) is 0 Å². The summed E-state index contributed by atoms with van der Waals surface area (Å²) in [7, 11) is 0. The van der Waals surface area contributed by atoms with E-state index in [0.717, 1.165) is 51.4 Å². The molecule has 0 atom stereocenters. The molecule has 4 bridgehead atoms. The highest BCUT2D eigenvalue weighted by molar-refractivity contribution is 5.01. The van der Waals surface area contributed by atoms with Gasteiger partial charge in [0.05, 0.1) is 0 Å². The minimum absolute atomic E-state index is 1.04. The lowest BCUT2D eigenvalue weighted by Gasteiger charge is -2.23. The van der Waals surface area contributed by atoms with Crippen LogP contribution in [-0.4, -0.2) is 98.1 Å². The van der Waals surface area contributed by atoms with Crippen LogP contribution in [-0.2, 0) is 0 Å². The number of fused-ring (bicyclic) bond motifs is 12. The summed E-state index contributed by atoms with van der Waals surface area (Å²) in [5, 5.41) is 0. The normalized spacial score (nSPS) is 28.5. The van der Waals surface area contributed by atoms with Crippen molar-refractivity contribution in [2.45, 2.75) is 141 Å². The van der Waals surface area contributed by atoms with Crippen molar-refractivity contribution in [3.8, 4) is 47.4 Å². The van der Waals surface area contributed by atoms with Gasteiger partial charge >= 0.3 is 0 Å². The van der Waals surface area contributed by atoms with Crippen LogP contribution in [0.3, 0.4) is 0 Å². The molecule has 0 N–H and O–H groups in total. The topological polar surface area (TPSA) is 13.0 Å². The summed E-state index contributed by atoms with van der Waals surface area (Å²) in [6.45, 7) is 14.4. The molecular weight excluding hydrogens is 560 g/mol. The minimum atomic E-state index is 1.04. The van der Waals surface area contributed by atoms with E-state index in [-0.39, 0.29) is 0 Å². The van der Waals surface area contributed by atoms with Crippen LogP contribution in [0.2, 0.25) is 0 Å². The predicted octanol–water partition coefficient (Wildman–Crippen LogP) is 7.83. The molecule has 3 rings (SSSR count). The van der Waals surface area contributed by atoms with Crippen molar-refractivity contribution in [1.29, 1.82) is 0 Å². The Morgan fingerprint density at radius 1 is 0.174 bits per heavy atom. The van der Waals surface area contributed by atoms with Crippen molar-refractivity contribution in [2.24, 2.45) is 0 Å². The summed E-state index contributed by atoms with van der Waals surface area (Å²) in [5.41, 5.74) is 0. The molecule has 4 heteroatoms. The molecule has 3 heterocycles. The Bertz CT molecular complexity index is 855. The molecule has 3 aliphatic rings. The Kier molecular flexibility index (Phi) is 23.6. The molecule has 0 spiro atoms. The quantitative estimate of drug-likeness (QED) is 0.254. The monoisotopic (exact) mass is 629 g/mol. The van der Waals surface area contributed by atoms with Crippen molar-refractivity contribution in [1.82, 2.24) is 19.6 Å². The highest BCUT2D eigenvalue weighted by Gasteiger charge is 2.09. The van der Waals surface area contributed by atoms with Gasteiger partial charge in [0.15, 0.2) is 0 Å². The largest absolute Gasteiger partial charge is 0.303 e. The first kappa shape index (κ1) is 38.5. The minimum Gasteiger partial charge on any atom is -0.303 e. The van der Waals surface area contributed by atoms with Gasteiger partial charge in [-0.1, -0.05) is 12.8 Å². The maximum absolute atomic E-state index is 3.52. The van der Waals surface area contributed by atoms with Gasteiger partial charge in [0.25, 0.3) is 0 Å². The summed E-state index contributed by atoms with van der Waals surface area (Å²) in [6.07, 6.45) is 25.8. The van der Waals surface area contributed by atoms with Gasteiger partial charge < -0.3 is 19.6 Å². The molecule has 0 fully saturated rings. The molecule has 0 aromatic rings. The molecule has 0 aromatic carbocycles. The standard InChI is InChI=1S/C42H68N4/c1-2-10-20-32-44-36-24-14-7-8-16-26-38-46-34-22-12-4-3-11-21-33-45(41-29-18-30-42-46)37-25-15-6-5-13-23-35-43(31-19-9-1)39-27-17-28-40-44/h9-42H2. The molecule has 0 saturated heterocycles. The second kappa shape index (κ2) is 28.1. The lowest BCUT2D eigenvalue weighted by Crippen LogP contribution is -2.28. The fourth-order valence-electron chi connectivity index (χ4n) is 6.87. The third kappa shape index (κ3) is 21.1. The lowest BCUT2D eigenvalue weighted by molar-refractivity contribution is 0.246. The number of hydrogen-bond acceptors (Lipinski definition) is 4. The summed E-state index contributed by atoms with van der Waals surface area (Å²) in [4.78, 5) is 10.8. The Hall–Kier alpha value is -1.92. The van der Waals surface area contributed by atoms with Gasteiger partial charge in [0.2, 0.25) is 0 Å². The second-order valence-electron chi connectivity index (χ2n) is 13.7. The molecule has 256 valence electrons. The van der Waals surface area contributed by atoms with Crippen LogP contribution in [0, 0.1) is 47.4 Å². The highest BCUT2D eigenvalue weighted by atomic mass is 15.1. The second-order valence-corrected chi connectivity index (χ2v) is 13.7. The van der Waals surface area contributed by atoms with E-state index < -0.39 is 0 Å². The molecule has 0 saturated carbocycles. The van der Waals surface area contributed by atoms with Gasteiger partial charge in [-0.15, -0.1) is 47.4 Å². The fourth-order valence-corrected chi connectivity index (χ4v) is 6.87. The Morgan fingerprint density at radius 2 is 0.326 bits per heavy atom. The predicted molar refractivity (Wildman–Crippen MR) is 198 cm³/mol. The van der Waals surface area contributed by atoms with Gasteiger partial charge in [-0.3, -0.25) is 0 Å².